The fraction of sp³-hybridized carbons (Fsp3) is 0.600. The molecule has 2 unspecified atom stereocenters. The maximum Gasteiger partial charge on any atom is 0.123 e. The largest absolute Gasteiger partial charge is 0.489 e. The summed E-state index contributed by atoms with van der Waals surface area (Å²) in [4.78, 5) is 0. The van der Waals surface area contributed by atoms with Gasteiger partial charge in [-0.2, -0.15) is 0 Å². The molecule has 94 valence electrons. The van der Waals surface area contributed by atoms with Gasteiger partial charge in [-0.15, -0.1) is 0 Å². The van der Waals surface area contributed by atoms with Gasteiger partial charge in [-0.1, -0.05) is 39.8 Å². The number of ether oxygens (including phenoxy) is 1. The van der Waals surface area contributed by atoms with Crippen LogP contribution in [0.5, 0.6) is 5.75 Å². The van der Waals surface area contributed by atoms with Crippen LogP contribution >= 0.6 is 0 Å². The summed E-state index contributed by atoms with van der Waals surface area (Å²) in [5.41, 5.74) is 8.57. The molecule has 2 atom stereocenters. The van der Waals surface area contributed by atoms with Crippen LogP contribution in [-0.4, -0.2) is 12.6 Å². The van der Waals surface area contributed by atoms with Gasteiger partial charge >= 0.3 is 0 Å². The van der Waals surface area contributed by atoms with E-state index in [9.17, 15) is 0 Å². The first-order valence-corrected chi connectivity index (χ1v) is 6.41. The molecule has 0 saturated heterocycles. The van der Waals surface area contributed by atoms with Gasteiger partial charge in [0.15, 0.2) is 0 Å². The Hall–Kier alpha value is -1.02. The second kappa shape index (κ2) is 4.34. The summed E-state index contributed by atoms with van der Waals surface area (Å²) in [5, 5.41) is 0. The molecule has 1 heterocycles. The Balaban J connectivity index is 2.22. The first-order chi connectivity index (χ1) is 7.91. The van der Waals surface area contributed by atoms with Crippen LogP contribution in [0.2, 0.25) is 0 Å². The summed E-state index contributed by atoms with van der Waals surface area (Å²) in [5.74, 6) is 1.48. The summed E-state index contributed by atoms with van der Waals surface area (Å²) in [6.45, 7) is 9.55. The van der Waals surface area contributed by atoms with Gasteiger partial charge in [0.05, 0.1) is 0 Å². The first-order valence-electron chi connectivity index (χ1n) is 6.41. The van der Waals surface area contributed by atoms with E-state index < -0.39 is 0 Å². The third-order valence-electron chi connectivity index (χ3n) is 3.65. The molecule has 1 aliphatic heterocycles. The van der Waals surface area contributed by atoms with E-state index in [0.717, 1.165) is 12.2 Å². The zero-order valence-corrected chi connectivity index (χ0v) is 11.3. The molecule has 0 fully saturated rings. The highest BCUT2D eigenvalue weighted by Gasteiger charge is 2.32. The standard InChI is InChI=1S/C15H23NO/c1-10(9-16)11-5-6-13-12(7-11)8-14(17-13)15(2,3)4/h5-7,10,14H,8-9,16H2,1-4H3. The van der Waals surface area contributed by atoms with Crippen molar-refractivity contribution in [3.63, 3.8) is 0 Å². The number of benzene rings is 1. The molecule has 0 radical (unpaired) electrons. The van der Waals surface area contributed by atoms with Crippen molar-refractivity contribution in [2.75, 3.05) is 6.54 Å². The van der Waals surface area contributed by atoms with Gasteiger partial charge in [0, 0.05) is 6.42 Å². The van der Waals surface area contributed by atoms with E-state index in [1.807, 2.05) is 0 Å². The molecule has 1 aliphatic rings. The van der Waals surface area contributed by atoms with E-state index in [1.54, 1.807) is 0 Å². The van der Waals surface area contributed by atoms with E-state index in [4.69, 9.17) is 10.5 Å². The fourth-order valence-corrected chi connectivity index (χ4v) is 2.19. The number of nitrogens with two attached hydrogens (primary N) is 1. The third kappa shape index (κ3) is 2.47. The number of hydrogen-bond acceptors (Lipinski definition) is 2. The van der Waals surface area contributed by atoms with E-state index in [1.165, 1.54) is 11.1 Å². The topological polar surface area (TPSA) is 35.2 Å². The van der Waals surface area contributed by atoms with Gasteiger partial charge < -0.3 is 10.5 Å². The van der Waals surface area contributed by atoms with E-state index >= 15 is 0 Å². The van der Waals surface area contributed by atoms with Crippen LogP contribution in [0, 0.1) is 5.41 Å². The van der Waals surface area contributed by atoms with Gasteiger partial charge in [-0.05, 0) is 35.1 Å². The number of rotatable bonds is 2. The minimum atomic E-state index is 0.193. The van der Waals surface area contributed by atoms with Gasteiger partial charge in [-0.3, -0.25) is 0 Å². The van der Waals surface area contributed by atoms with E-state index in [0.29, 0.717) is 18.6 Å². The smallest absolute Gasteiger partial charge is 0.123 e. The number of fused-ring (bicyclic) bond motifs is 1. The lowest BCUT2D eigenvalue weighted by Gasteiger charge is -2.25. The summed E-state index contributed by atoms with van der Waals surface area (Å²) in [6.07, 6.45) is 1.31. The normalized spacial score (nSPS) is 20.9. The van der Waals surface area contributed by atoms with Crippen LogP contribution in [0.4, 0.5) is 0 Å². The molecular formula is C15H23NO. The lowest BCUT2D eigenvalue weighted by Crippen LogP contribution is -2.30. The number of hydrogen-bond donors (Lipinski definition) is 1. The average Bonchev–Trinajstić information content (AvgIpc) is 2.70. The maximum absolute atomic E-state index is 6.01. The highest BCUT2D eigenvalue weighted by molar-refractivity contribution is 5.42. The van der Waals surface area contributed by atoms with Crippen LogP contribution in [0.1, 0.15) is 44.7 Å². The summed E-state index contributed by atoms with van der Waals surface area (Å²) in [6, 6.07) is 6.50. The SMILES string of the molecule is CC(CN)c1ccc2c(c1)CC(C(C)(C)C)O2. The van der Waals surface area contributed by atoms with E-state index in [2.05, 4.69) is 45.9 Å². The maximum atomic E-state index is 6.01. The second-order valence-corrected chi connectivity index (χ2v) is 6.18. The molecule has 0 amide bonds. The molecule has 0 spiro atoms. The molecule has 1 aromatic rings. The van der Waals surface area contributed by atoms with Gasteiger partial charge in [-0.25, -0.2) is 0 Å². The zero-order chi connectivity index (χ0) is 12.6. The Kier molecular flexibility index (Phi) is 3.17. The first kappa shape index (κ1) is 12.4. The highest BCUT2D eigenvalue weighted by atomic mass is 16.5. The minimum absolute atomic E-state index is 0.193. The average molecular weight is 233 g/mol. The van der Waals surface area contributed by atoms with Gasteiger partial charge in [0.25, 0.3) is 0 Å². The van der Waals surface area contributed by atoms with Crippen molar-refractivity contribution in [1.29, 1.82) is 0 Å². The predicted molar refractivity (Wildman–Crippen MR) is 71.5 cm³/mol. The molecule has 0 bridgehead atoms. The van der Waals surface area contributed by atoms with Crippen LogP contribution in [-0.2, 0) is 6.42 Å². The van der Waals surface area contributed by atoms with Crippen LogP contribution < -0.4 is 10.5 Å². The summed E-state index contributed by atoms with van der Waals surface area (Å²) in [7, 11) is 0. The van der Waals surface area contributed by atoms with Crippen LogP contribution in [0.15, 0.2) is 18.2 Å². The van der Waals surface area contributed by atoms with Crippen LogP contribution in [0.3, 0.4) is 0 Å². The van der Waals surface area contributed by atoms with Crippen molar-refractivity contribution in [1.82, 2.24) is 0 Å². The van der Waals surface area contributed by atoms with Crippen molar-refractivity contribution in [3.8, 4) is 5.75 Å². The van der Waals surface area contributed by atoms with E-state index in [-0.39, 0.29) is 5.41 Å². The molecule has 17 heavy (non-hydrogen) atoms. The summed E-state index contributed by atoms with van der Waals surface area (Å²) >= 11 is 0. The van der Waals surface area contributed by atoms with Crippen molar-refractivity contribution in [2.45, 2.75) is 46.1 Å². The Bertz CT molecular complexity index is 406. The molecular weight excluding hydrogens is 210 g/mol. The molecule has 2 rings (SSSR count). The molecule has 0 saturated carbocycles. The lowest BCUT2D eigenvalue weighted by atomic mass is 9.86. The summed E-state index contributed by atoms with van der Waals surface area (Å²) < 4.78 is 6.01. The van der Waals surface area contributed by atoms with Crippen molar-refractivity contribution < 1.29 is 4.74 Å². The molecule has 2 nitrogen and oxygen atoms in total. The molecule has 2 N–H and O–H groups in total. The third-order valence-corrected chi connectivity index (χ3v) is 3.65. The van der Waals surface area contributed by atoms with Crippen LogP contribution in [0.25, 0.3) is 0 Å². The monoisotopic (exact) mass is 233 g/mol. The molecule has 0 aliphatic carbocycles. The minimum Gasteiger partial charge on any atom is -0.489 e. The lowest BCUT2D eigenvalue weighted by molar-refractivity contribution is 0.109. The van der Waals surface area contributed by atoms with Gasteiger partial charge in [0.1, 0.15) is 11.9 Å². The van der Waals surface area contributed by atoms with Crippen molar-refractivity contribution in [2.24, 2.45) is 11.1 Å². The Morgan fingerprint density at radius 3 is 2.71 bits per heavy atom. The highest BCUT2D eigenvalue weighted by Crippen LogP contribution is 2.37. The molecule has 1 aromatic carbocycles. The Morgan fingerprint density at radius 2 is 2.12 bits per heavy atom. The fourth-order valence-electron chi connectivity index (χ4n) is 2.19. The van der Waals surface area contributed by atoms with Crippen molar-refractivity contribution >= 4 is 0 Å². The zero-order valence-electron chi connectivity index (χ0n) is 11.3. The predicted octanol–water partition coefficient (Wildman–Crippen LogP) is 3.10. The quantitative estimate of drug-likeness (QED) is 0.852. The van der Waals surface area contributed by atoms with Gasteiger partial charge in [0.2, 0.25) is 0 Å². The molecule has 0 aromatic heterocycles. The second-order valence-electron chi connectivity index (χ2n) is 6.18. The Morgan fingerprint density at radius 1 is 1.41 bits per heavy atom. The van der Waals surface area contributed by atoms with Crippen molar-refractivity contribution in [3.05, 3.63) is 29.3 Å². The molecule has 2 heteroatoms. The Labute approximate surface area is 104 Å².